The first-order valence-corrected chi connectivity index (χ1v) is 33.8. The Bertz CT molecular complexity index is 4580. The molecule has 0 amide bonds. The molecule has 12 aromatic carbocycles. The summed E-state index contributed by atoms with van der Waals surface area (Å²) < 4.78 is 67.1. The van der Waals surface area contributed by atoms with Gasteiger partial charge in [0.25, 0.3) is 0 Å². The number of halogens is 2. The van der Waals surface area contributed by atoms with Gasteiger partial charge in [-0.15, -0.1) is 0 Å². The highest BCUT2D eigenvalue weighted by atomic mass is 19.1. The van der Waals surface area contributed by atoms with E-state index in [2.05, 4.69) is 230 Å². The van der Waals surface area contributed by atoms with Crippen molar-refractivity contribution in [3.8, 4) is 56.4 Å². The summed E-state index contributed by atoms with van der Waals surface area (Å²) in [7, 11) is 3.38. The average Bonchev–Trinajstić information content (AvgIpc) is 1.53. The van der Waals surface area contributed by atoms with Crippen LogP contribution in [0, 0.1) is 22.5 Å². The molecule has 0 spiro atoms. The summed E-state index contributed by atoms with van der Waals surface area (Å²) >= 11 is 0. The smallest absolute Gasteiger partial charge is 0.125 e. The van der Waals surface area contributed by atoms with Crippen molar-refractivity contribution in [2.24, 2.45) is 10.8 Å². The van der Waals surface area contributed by atoms with Gasteiger partial charge in [-0.25, -0.2) is 8.78 Å². The molecule has 2 heterocycles. The first kappa shape index (κ1) is 62.1. The van der Waals surface area contributed by atoms with Crippen molar-refractivity contribution in [2.45, 2.75) is 37.5 Å². The Morgan fingerprint density at radius 1 is 0.327 bits per heavy atom. The lowest BCUT2D eigenvalue weighted by Gasteiger charge is -2.40. The second kappa shape index (κ2) is 25.3. The van der Waals surface area contributed by atoms with Crippen LogP contribution in [0.25, 0.3) is 33.4 Å². The molecule has 2 saturated heterocycles. The lowest BCUT2D eigenvalue weighted by molar-refractivity contribution is -0.133. The fraction of sp³-hybridized carbons (Fsp3) is 0.182. The van der Waals surface area contributed by atoms with Crippen LogP contribution in [0.2, 0.25) is 0 Å². The molecule has 2 atom stereocenters. The summed E-state index contributed by atoms with van der Waals surface area (Å²) in [5.41, 5.74) is 18.6. The minimum absolute atomic E-state index is 0.0318. The molecule has 16 rings (SSSR count). The molecule has 8 nitrogen and oxygen atoms in total. The highest BCUT2D eigenvalue weighted by molar-refractivity contribution is 5.92. The van der Waals surface area contributed by atoms with E-state index in [1.54, 1.807) is 38.5 Å². The van der Waals surface area contributed by atoms with Gasteiger partial charge >= 0.3 is 0 Å². The van der Waals surface area contributed by atoms with Gasteiger partial charge in [-0.2, -0.15) is 0 Å². The molecule has 486 valence electrons. The molecule has 0 aromatic heterocycles. The quantitative estimate of drug-likeness (QED) is 0.0705. The van der Waals surface area contributed by atoms with Gasteiger partial charge in [0.2, 0.25) is 0 Å². The molecule has 10 heteroatoms. The van der Waals surface area contributed by atoms with Gasteiger partial charge in [0.05, 0.1) is 75.5 Å². The maximum atomic E-state index is 15.7. The first-order chi connectivity index (χ1) is 48.1. The minimum Gasteiger partial charge on any atom is -0.497 e. The number of hydrogen-bond acceptors (Lipinski definition) is 8. The maximum absolute atomic E-state index is 15.7. The van der Waals surface area contributed by atoms with E-state index in [0.717, 1.165) is 136 Å². The van der Waals surface area contributed by atoms with Crippen molar-refractivity contribution in [1.29, 1.82) is 0 Å². The number of anilines is 6. The number of ether oxygens (including phenoxy) is 6. The molecule has 0 bridgehead atoms. The average molecular weight is 1290 g/mol. The number of methoxy groups -OCH3 is 2. The van der Waals surface area contributed by atoms with Gasteiger partial charge in [0, 0.05) is 34.1 Å². The van der Waals surface area contributed by atoms with Crippen molar-refractivity contribution in [1.82, 2.24) is 0 Å². The van der Waals surface area contributed by atoms with Gasteiger partial charge in [-0.05, 0) is 224 Å². The summed E-state index contributed by atoms with van der Waals surface area (Å²) in [6, 6.07) is 95.1. The van der Waals surface area contributed by atoms with Crippen LogP contribution in [0.4, 0.5) is 42.9 Å². The van der Waals surface area contributed by atoms with Crippen LogP contribution in [-0.4, -0.2) is 53.9 Å². The van der Waals surface area contributed by atoms with E-state index in [4.69, 9.17) is 28.4 Å². The highest BCUT2D eigenvalue weighted by Crippen LogP contribution is 2.60. The zero-order chi connectivity index (χ0) is 66.6. The Hall–Kier alpha value is -10.8. The zero-order valence-corrected chi connectivity index (χ0v) is 55.3. The molecule has 2 fully saturated rings. The van der Waals surface area contributed by atoms with E-state index in [9.17, 15) is 0 Å². The summed E-state index contributed by atoms with van der Waals surface area (Å²) in [6.07, 6.45) is 1.97. The third-order valence-electron chi connectivity index (χ3n) is 21.1. The fourth-order valence-corrected chi connectivity index (χ4v) is 15.4. The summed E-state index contributed by atoms with van der Waals surface area (Å²) in [5, 5.41) is 0. The van der Waals surface area contributed by atoms with Crippen molar-refractivity contribution in [3.63, 3.8) is 0 Å². The SMILES string of the molecule is CCC1(COc2ccc(C3(c4ccc(OC)cc4)c4ccccc4-c4ccc(N(c5ccc(-c6ccc(N(c7cccc(F)c7)c7ccc8c(c7)C(c7ccc(OC)cc7)(c7ccc(OCC9(CC)COC9)cc7)c7ccccc7-8)cc6)cc5)c5cccc(F)c5)cc43)cc2)COC1. The lowest BCUT2D eigenvalue weighted by Crippen LogP contribution is -2.46. The van der Waals surface area contributed by atoms with E-state index in [1.165, 1.54) is 12.1 Å². The summed E-state index contributed by atoms with van der Waals surface area (Å²) in [4.78, 5) is 4.27. The standard InChI is InChI=1S/C88H74F2N2O6/c1-5-85(53-95-54-85)57-97-75-43-29-63(30-44-75)87(61-25-39-73(93-3)40-26-61)81-19-9-7-17-77(81)79-47-37-71(51-83(79)87)91(69-15-11-13-65(89)49-69)67-33-21-59(22-34-67)60-23-35-68(36-24-60)92(70-16-12-14-66(90)50-70)72-38-48-80-78-18-8-10-20-82(78)88(84(80)52-72,62-27-41-74(94-4)42-28-62)64-31-45-76(46-32-64)98-58-86(6-2)55-96-56-86/h7-52H,5-6,53-58H2,1-4H3. The molecule has 0 radical (unpaired) electrons. The molecule has 12 aromatic rings. The Morgan fingerprint density at radius 2 is 0.653 bits per heavy atom. The monoisotopic (exact) mass is 1290 g/mol. The van der Waals surface area contributed by atoms with Gasteiger partial charge in [-0.1, -0.05) is 159 Å². The number of hydrogen-bond donors (Lipinski definition) is 0. The van der Waals surface area contributed by atoms with Crippen LogP contribution in [-0.2, 0) is 20.3 Å². The molecule has 0 saturated carbocycles. The lowest BCUT2D eigenvalue weighted by atomic mass is 9.67. The Morgan fingerprint density at radius 3 is 0.980 bits per heavy atom. The zero-order valence-electron chi connectivity index (χ0n) is 55.3. The van der Waals surface area contributed by atoms with E-state index >= 15 is 8.78 Å². The largest absolute Gasteiger partial charge is 0.497 e. The summed E-state index contributed by atoms with van der Waals surface area (Å²) in [6.45, 7) is 8.40. The van der Waals surface area contributed by atoms with Gasteiger partial charge in [0.1, 0.15) is 34.6 Å². The number of rotatable bonds is 21. The van der Waals surface area contributed by atoms with Crippen LogP contribution in [0.1, 0.15) is 71.2 Å². The molecule has 0 N–H and O–H groups in total. The predicted octanol–water partition coefficient (Wildman–Crippen LogP) is 20.9. The van der Waals surface area contributed by atoms with Crippen molar-refractivity contribution in [2.75, 3.05) is 63.7 Å². The molecule has 98 heavy (non-hydrogen) atoms. The van der Waals surface area contributed by atoms with Crippen LogP contribution >= 0.6 is 0 Å². The van der Waals surface area contributed by atoms with Crippen molar-refractivity contribution in [3.05, 3.63) is 335 Å². The highest BCUT2D eigenvalue weighted by Gasteiger charge is 2.49. The predicted molar refractivity (Wildman–Crippen MR) is 387 cm³/mol. The molecular formula is C88H74F2N2O6. The third-order valence-corrected chi connectivity index (χ3v) is 21.1. The first-order valence-electron chi connectivity index (χ1n) is 33.8. The molecule has 2 aliphatic heterocycles. The van der Waals surface area contributed by atoms with E-state index in [1.807, 2.05) is 36.4 Å². The van der Waals surface area contributed by atoms with E-state index in [-0.39, 0.29) is 22.5 Å². The van der Waals surface area contributed by atoms with E-state index in [0.29, 0.717) is 51.0 Å². The molecular weight excluding hydrogens is 1220 g/mol. The number of nitrogens with zero attached hydrogens (tertiary/aromatic N) is 2. The molecule has 4 aliphatic rings. The van der Waals surface area contributed by atoms with Gasteiger partial charge < -0.3 is 38.2 Å². The third kappa shape index (κ3) is 10.6. The van der Waals surface area contributed by atoms with Gasteiger partial charge in [0.15, 0.2) is 0 Å². The molecule has 2 aliphatic carbocycles. The van der Waals surface area contributed by atoms with Crippen LogP contribution < -0.4 is 28.7 Å². The maximum Gasteiger partial charge on any atom is 0.125 e. The van der Waals surface area contributed by atoms with Crippen LogP contribution in [0.3, 0.4) is 0 Å². The second-order valence-corrected chi connectivity index (χ2v) is 26.6. The van der Waals surface area contributed by atoms with Crippen LogP contribution in [0.15, 0.2) is 279 Å². The fourth-order valence-electron chi connectivity index (χ4n) is 15.4. The topological polar surface area (TPSA) is 61.9 Å². The number of fused-ring (bicyclic) bond motifs is 6. The normalized spacial score (nSPS) is 17.2. The summed E-state index contributed by atoms with van der Waals surface area (Å²) in [5.74, 6) is 2.46. The number of benzene rings is 12. The Balaban J connectivity index is 0.763. The van der Waals surface area contributed by atoms with E-state index < -0.39 is 10.8 Å². The Kier molecular flexibility index (Phi) is 16.0. The minimum atomic E-state index is -0.770. The van der Waals surface area contributed by atoms with Crippen LogP contribution in [0.5, 0.6) is 23.0 Å². The Labute approximate surface area is 571 Å². The van der Waals surface area contributed by atoms with Gasteiger partial charge in [-0.3, -0.25) is 0 Å². The molecule has 2 unspecified atom stereocenters. The van der Waals surface area contributed by atoms with Crippen molar-refractivity contribution < 1.29 is 37.2 Å². The second-order valence-electron chi connectivity index (χ2n) is 26.6. The van der Waals surface area contributed by atoms with Crippen molar-refractivity contribution >= 4 is 34.1 Å².